The van der Waals surface area contributed by atoms with Crippen LogP contribution in [0.3, 0.4) is 0 Å². The van der Waals surface area contributed by atoms with Crippen molar-refractivity contribution in [3.8, 4) is 32.1 Å². The lowest BCUT2D eigenvalue weighted by Crippen LogP contribution is -2.51. The first-order chi connectivity index (χ1) is 30.6. The normalized spacial score (nSPS) is 17.1. The van der Waals surface area contributed by atoms with Crippen molar-refractivity contribution < 1.29 is 28.7 Å². The van der Waals surface area contributed by atoms with Gasteiger partial charge in [-0.15, -0.1) is 22.7 Å². The molecule has 2 aliphatic heterocycles. The Morgan fingerprint density at radius 3 is 1.97 bits per heavy atom. The van der Waals surface area contributed by atoms with E-state index in [2.05, 4.69) is 69.1 Å². The average Bonchev–Trinajstić information content (AvgIpc) is 4.16. The number of ether oxygens (including phenoxy) is 2. The van der Waals surface area contributed by atoms with Gasteiger partial charge in [-0.1, -0.05) is 81.9 Å². The number of methoxy groups -OCH3 is 2. The zero-order valence-electron chi connectivity index (χ0n) is 35.3. The molecule has 2 saturated heterocycles. The maximum Gasteiger partial charge on any atom is 0.407 e. The standard InChI is InChI=1S/C47H48N8O6S2.CH4/c1-26(2)40(52-46(58)60-3)44(56)55-21-9-13-35(55)43-49-31-19-18-30(22-32(31)50-43)37-24-39-38(63-37)23-36(62-39)28-16-14-27(15-17-28)33-25-48-42(51-33)34-12-8-20-54(34)45(57)41(53-47(59)61-4)29-10-6-5-7-11-29;/h5-7,10-11,14-19,22-26,34-35,40-41H,8-9,12-13,20-21H2,1-4H3,(H,48,51)(H,49,50)(H,52,58)(H,53,59);1H4/t34-,35-,40-,41+;/m0./s1. The molecule has 332 valence electrons. The highest BCUT2D eigenvalue weighted by Gasteiger charge is 2.39. The number of benzene rings is 3. The van der Waals surface area contributed by atoms with Crippen molar-refractivity contribution in [2.75, 3.05) is 27.3 Å². The summed E-state index contributed by atoms with van der Waals surface area (Å²) in [5, 5.41) is 5.44. The molecule has 2 aliphatic rings. The lowest BCUT2D eigenvalue weighted by molar-refractivity contribution is -0.135. The molecular weight excluding hydrogens is 849 g/mol. The SMILES string of the molecule is C.COC(=O)N[C@H](C(=O)N1CCC[C@H]1c1nc2ccc(-c3cc4sc(-c5ccc(-c6cnc([C@@H]7CCCN7C(=O)[C@H](NC(=O)OC)c7ccccc7)[nH]6)cc5)cc4s3)cc2[nH]1)C(C)C. The molecule has 14 nitrogen and oxygen atoms in total. The maximum atomic E-state index is 13.9. The molecule has 0 saturated carbocycles. The van der Waals surface area contributed by atoms with Crippen LogP contribution in [0.2, 0.25) is 0 Å². The van der Waals surface area contributed by atoms with E-state index in [1.165, 1.54) is 28.5 Å². The number of rotatable bonds is 11. The number of hydrogen-bond acceptors (Lipinski definition) is 10. The number of hydrogen-bond donors (Lipinski definition) is 4. The van der Waals surface area contributed by atoms with Crippen LogP contribution in [0.5, 0.6) is 0 Å². The van der Waals surface area contributed by atoms with Gasteiger partial charge >= 0.3 is 12.2 Å². The van der Waals surface area contributed by atoms with Crippen molar-refractivity contribution in [2.24, 2.45) is 5.92 Å². The lowest BCUT2D eigenvalue weighted by atomic mass is 10.0. The highest BCUT2D eigenvalue weighted by Crippen LogP contribution is 2.43. The van der Waals surface area contributed by atoms with Gasteiger partial charge < -0.3 is 39.9 Å². The van der Waals surface area contributed by atoms with Gasteiger partial charge in [-0.25, -0.2) is 19.6 Å². The van der Waals surface area contributed by atoms with Crippen LogP contribution in [0.1, 0.15) is 82.3 Å². The van der Waals surface area contributed by atoms with Crippen LogP contribution in [0.25, 0.3) is 52.6 Å². The van der Waals surface area contributed by atoms with E-state index in [-0.39, 0.29) is 37.2 Å². The lowest BCUT2D eigenvalue weighted by Gasteiger charge is -2.29. The molecule has 6 heterocycles. The molecule has 0 spiro atoms. The quantitative estimate of drug-likeness (QED) is 0.0992. The molecule has 0 unspecified atom stereocenters. The molecule has 64 heavy (non-hydrogen) atoms. The molecule has 2 fully saturated rings. The number of fused-ring (bicyclic) bond motifs is 2. The van der Waals surface area contributed by atoms with E-state index >= 15 is 0 Å². The number of nitrogens with one attached hydrogen (secondary N) is 4. The van der Waals surface area contributed by atoms with Crippen molar-refractivity contribution in [1.82, 2.24) is 40.4 Å². The number of nitrogens with zero attached hydrogens (tertiary/aromatic N) is 4. The van der Waals surface area contributed by atoms with Crippen LogP contribution in [0, 0.1) is 5.92 Å². The Bertz CT molecular complexity index is 2760. The van der Waals surface area contributed by atoms with E-state index in [1.807, 2.05) is 61.3 Å². The summed E-state index contributed by atoms with van der Waals surface area (Å²) in [5.74, 6) is 1.02. The summed E-state index contributed by atoms with van der Waals surface area (Å²) in [6, 6.07) is 26.4. The Kier molecular flexibility index (Phi) is 12.9. The van der Waals surface area contributed by atoms with E-state index in [1.54, 1.807) is 27.6 Å². The Balaban J connectivity index is 0.00000560. The van der Waals surface area contributed by atoms with Crippen LogP contribution in [0.15, 0.2) is 91.1 Å². The largest absolute Gasteiger partial charge is 0.453 e. The van der Waals surface area contributed by atoms with Gasteiger partial charge in [0.1, 0.15) is 23.7 Å². The van der Waals surface area contributed by atoms with Crippen LogP contribution in [0.4, 0.5) is 9.59 Å². The molecule has 4 N–H and O–H groups in total. The molecule has 4 amide bonds. The van der Waals surface area contributed by atoms with Gasteiger partial charge in [0, 0.05) is 32.2 Å². The predicted octanol–water partition coefficient (Wildman–Crippen LogP) is 10.0. The highest BCUT2D eigenvalue weighted by atomic mass is 32.1. The van der Waals surface area contributed by atoms with E-state index in [0.717, 1.165) is 69.8 Å². The van der Waals surface area contributed by atoms with Gasteiger partial charge in [0.25, 0.3) is 5.91 Å². The molecule has 16 heteroatoms. The highest BCUT2D eigenvalue weighted by molar-refractivity contribution is 7.31. The Morgan fingerprint density at radius 2 is 1.31 bits per heavy atom. The minimum atomic E-state index is -0.876. The van der Waals surface area contributed by atoms with Gasteiger partial charge in [0.05, 0.1) is 49.2 Å². The van der Waals surface area contributed by atoms with Crippen molar-refractivity contribution in [3.05, 3.63) is 108 Å². The summed E-state index contributed by atoms with van der Waals surface area (Å²) >= 11 is 3.52. The summed E-state index contributed by atoms with van der Waals surface area (Å²) in [6.45, 7) is 4.98. The smallest absolute Gasteiger partial charge is 0.407 e. The van der Waals surface area contributed by atoms with Gasteiger partial charge in [-0.2, -0.15) is 0 Å². The van der Waals surface area contributed by atoms with Crippen molar-refractivity contribution >= 4 is 67.1 Å². The second-order valence-electron chi connectivity index (χ2n) is 16.3. The van der Waals surface area contributed by atoms with Gasteiger partial charge in [0.15, 0.2) is 0 Å². The van der Waals surface area contributed by atoms with Crippen LogP contribution < -0.4 is 10.6 Å². The molecule has 4 atom stereocenters. The zero-order valence-corrected chi connectivity index (χ0v) is 37.0. The number of carbonyl (C=O) groups excluding carboxylic acids is 4. The number of aromatic amines is 2. The summed E-state index contributed by atoms with van der Waals surface area (Å²) < 4.78 is 12.0. The number of amides is 4. The minimum absolute atomic E-state index is 0. The number of imidazole rings is 2. The molecule has 0 bridgehead atoms. The Hall–Kier alpha value is -6.52. The van der Waals surface area contributed by atoms with E-state index in [9.17, 15) is 19.2 Å². The topological polar surface area (TPSA) is 175 Å². The van der Waals surface area contributed by atoms with E-state index < -0.39 is 24.3 Å². The monoisotopic (exact) mass is 900 g/mol. The van der Waals surface area contributed by atoms with Crippen LogP contribution in [-0.2, 0) is 19.1 Å². The predicted molar refractivity (Wildman–Crippen MR) is 251 cm³/mol. The number of aromatic nitrogens is 4. The fourth-order valence-corrected chi connectivity index (χ4v) is 11.1. The number of carbonyl (C=O) groups is 4. The first-order valence-electron chi connectivity index (χ1n) is 21.1. The van der Waals surface area contributed by atoms with Crippen molar-refractivity contribution in [2.45, 2.75) is 71.1 Å². The second kappa shape index (κ2) is 18.7. The molecular formula is C48H52N8O6S2. The number of thiophene rings is 2. The summed E-state index contributed by atoms with van der Waals surface area (Å²) in [7, 11) is 2.58. The molecule has 3 aromatic carbocycles. The number of alkyl carbamates (subject to hydrolysis) is 2. The zero-order chi connectivity index (χ0) is 43.8. The minimum Gasteiger partial charge on any atom is -0.453 e. The number of H-pyrrole nitrogens is 2. The third kappa shape index (κ3) is 8.71. The first kappa shape index (κ1) is 44.1. The molecule has 0 radical (unpaired) electrons. The number of likely N-dealkylation sites (tertiary alicyclic amines) is 2. The summed E-state index contributed by atoms with van der Waals surface area (Å²) in [5.41, 5.74) is 6.51. The fraction of sp³-hybridized carbons (Fsp3) is 0.333. The fourth-order valence-electron chi connectivity index (χ4n) is 8.71. The molecule has 7 aromatic rings. The third-order valence-corrected chi connectivity index (χ3v) is 14.4. The van der Waals surface area contributed by atoms with Gasteiger partial charge in [-0.3, -0.25) is 9.59 Å². The van der Waals surface area contributed by atoms with Gasteiger partial charge in [-0.05, 0) is 78.1 Å². The maximum absolute atomic E-state index is 13.9. The Morgan fingerprint density at radius 1 is 0.719 bits per heavy atom. The van der Waals surface area contributed by atoms with Crippen LogP contribution in [-0.4, -0.2) is 87.1 Å². The van der Waals surface area contributed by atoms with Crippen molar-refractivity contribution in [1.29, 1.82) is 0 Å². The van der Waals surface area contributed by atoms with Crippen LogP contribution >= 0.6 is 22.7 Å². The van der Waals surface area contributed by atoms with E-state index in [4.69, 9.17) is 19.4 Å². The summed E-state index contributed by atoms with van der Waals surface area (Å²) in [6.07, 6.45) is 3.75. The molecule has 0 aliphatic carbocycles. The van der Waals surface area contributed by atoms with E-state index in [0.29, 0.717) is 24.5 Å². The average molecular weight is 901 g/mol. The second-order valence-corrected chi connectivity index (χ2v) is 18.4. The Labute approximate surface area is 379 Å². The summed E-state index contributed by atoms with van der Waals surface area (Å²) in [4.78, 5) is 74.5. The third-order valence-electron chi connectivity index (χ3n) is 12.0. The van der Waals surface area contributed by atoms with Crippen molar-refractivity contribution in [3.63, 3.8) is 0 Å². The first-order valence-corrected chi connectivity index (χ1v) is 22.8. The molecule has 4 aromatic heterocycles. The van der Waals surface area contributed by atoms with Gasteiger partial charge in [0.2, 0.25) is 5.91 Å². The molecule has 9 rings (SSSR count).